The summed E-state index contributed by atoms with van der Waals surface area (Å²) in [6.07, 6.45) is 0. The quantitative estimate of drug-likeness (QED) is 0.693. The molecule has 3 nitrogen and oxygen atoms in total. The molecule has 4 heteroatoms. The Balaban J connectivity index is 1.71. The van der Waals surface area contributed by atoms with E-state index in [9.17, 15) is 9.00 Å². The molecule has 0 spiro atoms. The van der Waals surface area contributed by atoms with Crippen molar-refractivity contribution >= 4 is 16.7 Å². The first kappa shape index (κ1) is 18.1. The van der Waals surface area contributed by atoms with Crippen LogP contribution < -0.4 is 5.32 Å². The summed E-state index contributed by atoms with van der Waals surface area (Å²) in [6.45, 7) is 0.443. The lowest BCUT2D eigenvalue weighted by molar-refractivity contribution is -0.118. The summed E-state index contributed by atoms with van der Waals surface area (Å²) in [5, 5.41) is 2.54. The molecule has 3 rings (SSSR count). The molecule has 1 amide bonds. The summed E-state index contributed by atoms with van der Waals surface area (Å²) < 4.78 is 13.0. The summed E-state index contributed by atoms with van der Waals surface area (Å²) in [7, 11) is -1.36. The Labute approximate surface area is 156 Å². The SMILES string of the molecule is O=C(CS(=O)C(c1ccccc1)c1ccccc1)NCc1ccccc1. The predicted octanol–water partition coefficient (Wildman–Crippen LogP) is 3.84. The second-order valence-electron chi connectivity index (χ2n) is 5.99. The highest BCUT2D eigenvalue weighted by Crippen LogP contribution is 2.28. The third kappa shape index (κ3) is 4.90. The van der Waals surface area contributed by atoms with Crippen LogP contribution in [0.15, 0.2) is 91.0 Å². The number of carbonyl (C=O) groups excluding carboxylic acids is 1. The van der Waals surface area contributed by atoms with Gasteiger partial charge in [-0.25, -0.2) is 0 Å². The van der Waals surface area contributed by atoms with Crippen molar-refractivity contribution in [1.82, 2.24) is 5.32 Å². The van der Waals surface area contributed by atoms with Gasteiger partial charge in [-0.1, -0.05) is 91.0 Å². The molecule has 1 N–H and O–H groups in total. The molecule has 3 aromatic carbocycles. The Hall–Kier alpha value is -2.72. The molecule has 0 bridgehead atoms. The zero-order valence-corrected chi connectivity index (χ0v) is 15.2. The second kappa shape index (κ2) is 9.11. The normalized spacial score (nSPS) is 11.9. The van der Waals surface area contributed by atoms with Crippen molar-refractivity contribution in [1.29, 1.82) is 0 Å². The first-order valence-electron chi connectivity index (χ1n) is 8.52. The van der Waals surface area contributed by atoms with Gasteiger partial charge in [0.25, 0.3) is 0 Å². The number of hydrogen-bond donors (Lipinski definition) is 1. The number of nitrogens with one attached hydrogen (secondary N) is 1. The minimum absolute atomic E-state index is 0.0265. The van der Waals surface area contributed by atoms with E-state index in [0.29, 0.717) is 6.54 Å². The van der Waals surface area contributed by atoms with E-state index in [1.165, 1.54) is 0 Å². The Kier molecular flexibility index (Phi) is 6.34. The molecule has 0 radical (unpaired) electrons. The molecule has 0 saturated heterocycles. The molecule has 132 valence electrons. The molecule has 0 aromatic heterocycles. The van der Waals surface area contributed by atoms with Crippen LogP contribution in [0, 0.1) is 0 Å². The van der Waals surface area contributed by atoms with E-state index in [2.05, 4.69) is 5.32 Å². The van der Waals surface area contributed by atoms with Gasteiger partial charge in [-0.2, -0.15) is 0 Å². The molecule has 0 fully saturated rings. The van der Waals surface area contributed by atoms with Gasteiger partial charge in [-0.05, 0) is 16.7 Å². The van der Waals surface area contributed by atoms with Crippen LogP contribution >= 0.6 is 0 Å². The van der Waals surface area contributed by atoms with E-state index in [4.69, 9.17) is 0 Å². The lowest BCUT2D eigenvalue weighted by Gasteiger charge is -2.17. The molecule has 0 aliphatic carbocycles. The predicted molar refractivity (Wildman–Crippen MR) is 106 cm³/mol. The van der Waals surface area contributed by atoms with Gasteiger partial charge in [0, 0.05) is 17.3 Å². The zero-order valence-electron chi connectivity index (χ0n) is 14.4. The van der Waals surface area contributed by atoms with Gasteiger partial charge >= 0.3 is 0 Å². The van der Waals surface area contributed by atoms with E-state index in [1.807, 2.05) is 91.0 Å². The van der Waals surface area contributed by atoms with Crippen molar-refractivity contribution < 1.29 is 9.00 Å². The van der Waals surface area contributed by atoms with Gasteiger partial charge in [-0.3, -0.25) is 9.00 Å². The van der Waals surface area contributed by atoms with Crippen LogP contribution in [0.5, 0.6) is 0 Å². The van der Waals surface area contributed by atoms with Gasteiger partial charge < -0.3 is 5.32 Å². The molecular weight excluding hydrogens is 342 g/mol. The van der Waals surface area contributed by atoms with Crippen molar-refractivity contribution in [2.75, 3.05) is 5.75 Å². The highest BCUT2D eigenvalue weighted by atomic mass is 32.2. The first-order valence-corrected chi connectivity index (χ1v) is 9.90. The van der Waals surface area contributed by atoms with Crippen LogP contribution in [-0.2, 0) is 22.1 Å². The van der Waals surface area contributed by atoms with Gasteiger partial charge in [0.15, 0.2) is 0 Å². The van der Waals surface area contributed by atoms with Crippen LogP contribution in [0.1, 0.15) is 21.9 Å². The summed E-state index contributed by atoms with van der Waals surface area (Å²) in [5.74, 6) is -0.231. The Morgan fingerprint density at radius 1 is 0.769 bits per heavy atom. The van der Waals surface area contributed by atoms with Gasteiger partial charge in [0.05, 0.1) is 5.25 Å². The number of rotatable bonds is 7. The van der Waals surface area contributed by atoms with Crippen LogP contribution in [0.2, 0.25) is 0 Å². The van der Waals surface area contributed by atoms with Crippen molar-refractivity contribution in [3.63, 3.8) is 0 Å². The van der Waals surface area contributed by atoms with Crippen LogP contribution in [0.25, 0.3) is 0 Å². The van der Waals surface area contributed by atoms with E-state index in [-0.39, 0.29) is 16.9 Å². The molecule has 1 unspecified atom stereocenters. The molecule has 1 atom stereocenters. The lowest BCUT2D eigenvalue weighted by Crippen LogP contribution is -2.29. The maximum absolute atomic E-state index is 13.0. The Bertz CT molecular complexity index is 812. The van der Waals surface area contributed by atoms with Crippen LogP contribution in [0.4, 0.5) is 0 Å². The van der Waals surface area contributed by atoms with Crippen molar-refractivity contribution in [3.8, 4) is 0 Å². The van der Waals surface area contributed by atoms with Crippen LogP contribution in [0.3, 0.4) is 0 Å². The number of benzene rings is 3. The molecule has 3 aromatic rings. The van der Waals surface area contributed by atoms with E-state index >= 15 is 0 Å². The maximum Gasteiger partial charge on any atom is 0.232 e. The molecule has 0 aliphatic rings. The molecular formula is C22H21NO2S. The number of amides is 1. The zero-order chi connectivity index (χ0) is 18.2. The minimum Gasteiger partial charge on any atom is -0.351 e. The molecule has 0 heterocycles. The third-order valence-electron chi connectivity index (χ3n) is 4.07. The highest BCUT2D eigenvalue weighted by molar-refractivity contribution is 7.86. The van der Waals surface area contributed by atoms with Crippen molar-refractivity contribution in [2.24, 2.45) is 0 Å². The largest absolute Gasteiger partial charge is 0.351 e. The topological polar surface area (TPSA) is 46.2 Å². The number of hydrogen-bond acceptors (Lipinski definition) is 2. The van der Waals surface area contributed by atoms with Gasteiger partial charge in [0.2, 0.25) is 5.91 Å². The standard InChI is InChI=1S/C22H21NO2S/c24-21(23-16-18-10-4-1-5-11-18)17-26(25)22(19-12-6-2-7-13-19)20-14-8-3-9-15-20/h1-15,22H,16-17H2,(H,23,24). The van der Waals surface area contributed by atoms with E-state index < -0.39 is 10.8 Å². The van der Waals surface area contributed by atoms with Gasteiger partial charge in [-0.15, -0.1) is 0 Å². The first-order chi connectivity index (χ1) is 12.7. The number of carbonyl (C=O) groups is 1. The fourth-order valence-electron chi connectivity index (χ4n) is 2.81. The third-order valence-corrected chi connectivity index (χ3v) is 5.69. The maximum atomic E-state index is 13.0. The molecule has 0 aliphatic heterocycles. The van der Waals surface area contributed by atoms with E-state index in [1.54, 1.807) is 0 Å². The minimum atomic E-state index is -1.36. The lowest BCUT2D eigenvalue weighted by atomic mass is 10.0. The molecule has 26 heavy (non-hydrogen) atoms. The fourth-order valence-corrected chi connectivity index (χ4v) is 4.26. The average molecular weight is 363 g/mol. The van der Waals surface area contributed by atoms with Crippen molar-refractivity contribution in [2.45, 2.75) is 11.8 Å². The monoisotopic (exact) mass is 363 g/mol. The average Bonchev–Trinajstić information content (AvgIpc) is 2.69. The van der Waals surface area contributed by atoms with Crippen LogP contribution in [-0.4, -0.2) is 15.9 Å². The molecule has 0 saturated carbocycles. The summed E-state index contributed by atoms with van der Waals surface area (Å²) in [4.78, 5) is 12.3. The Morgan fingerprint density at radius 2 is 1.23 bits per heavy atom. The van der Waals surface area contributed by atoms with E-state index in [0.717, 1.165) is 16.7 Å². The highest BCUT2D eigenvalue weighted by Gasteiger charge is 2.23. The van der Waals surface area contributed by atoms with Gasteiger partial charge in [0.1, 0.15) is 5.75 Å². The Morgan fingerprint density at radius 3 is 1.73 bits per heavy atom. The smallest absolute Gasteiger partial charge is 0.232 e. The summed E-state index contributed by atoms with van der Waals surface area (Å²) >= 11 is 0. The second-order valence-corrected chi connectivity index (χ2v) is 7.51. The van der Waals surface area contributed by atoms with Crippen molar-refractivity contribution in [3.05, 3.63) is 108 Å². The summed E-state index contributed by atoms with van der Waals surface area (Å²) in [6, 6.07) is 29.1. The summed E-state index contributed by atoms with van der Waals surface area (Å²) in [5.41, 5.74) is 2.93. The fraction of sp³-hybridized carbons (Fsp3) is 0.136.